The first-order valence-corrected chi connectivity index (χ1v) is 6.29. The fraction of sp³-hybridized carbons (Fsp3) is 0.583. The maximum atomic E-state index is 11.9. The molecule has 0 aromatic carbocycles. The van der Waals surface area contributed by atoms with Crippen LogP contribution >= 0.6 is 11.3 Å². The Hall–Kier alpha value is -0.870. The van der Waals surface area contributed by atoms with Crippen LogP contribution < -0.4 is 11.1 Å². The molecule has 1 heterocycles. The minimum Gasteiger partial charge on any atom is -0.347 e. The van der Waals surface area contributed by atoms with Crippen LogP contribution in [0.25, 0.3) is 0 Å². The largest absolute Gasteiger partial charge is 0.347 e. The number of amides is 1. The summed E-state index contributed by atoms with van der Waals surface area (Å²) in [6.07, 6.45) is 0. The molecule has 0 aliphatic heterocycles. The zero-order valence-electron chi connectivity index (χ0n) is 10.3. The highest BCUT2D eigenvalue weighted by Gasteiger charge is 2.28. The number of rotatable bonds is 3. The lowest BCUT2D eigenvalue weighted by Crippen LogP contribution is -2.49. The second-order valence-corrected chi connectivity index (χ2v) is 6.07. The van der Waals surface area contributed by atoms with Gasteiger partial charge in [-0.15, -0.1) is 11.3 Å². The maximum absolute atomic E-state index is 11.9. The van der Waals surface area contributed by atoms with Crippen molar-refractivity contribution in [3.05, 3.63) is 22.4 Å². The van der Waals surface area contributed by atoms with Crippen LogP contribution in [0.15, 0.2) is 17.5 Å². The average Bonchev–Trinajstić information content (AvgIpc) is 2.67. The molecule has 1 amide bonds. The first-order chi connectivity index (χ1) is 7.32. The number of carbonyl (C=O) groups excluding carboxylic acids is 1. The van der Waals surface area contributed by atoms with Crippen molar-refractivity contribution in [2.75, 3.05) is 0 Å². The first-order valence-electron chi connectivity index (χ1n) is 5.41. The lowest BCUT2D eigenvalue weighted by molar-refractivity contribution is -0.125. The Morgan fingerprint density at radius 1 is 1.50 bits per heavy atom. The highest BCUT2D eigenvalue weighted by atomic mass is 32.1. The third kappa shape index (κ3) is 3.32. The van der Waals surface area contributed by atoms with Gasteiger partial charge in [0.05, 0.1) is 12.1 Å². The molecule has 0 bridgehead atoms. The Morgan fingerprint density at radius 2 is 2.12 bits per heavy atom. The Labute approximate surface area is 101 Å². The van der Waals surface area contributed by atoms with Gasteiger partial charge < -0.3 is 11.1 Å². The first kappa shape index (κ1) is 13.2. The van der Waals surface area contributed by atoms with Crippen LogP contribution in [-0.2, 0) is 4.79 Å². The Balaban J connectivity index is 2.59. The summed E-state index contributed by atoms with van der Waals surface area (Å²) in [6, 6.07) is 3.54. The Morgan fingerprint density at radius 3 is 2.56 bits per heavy atom. The van der Waals surface area contributed by atoms with Gasteiger partial charge >= 0.3 is 0 Å². The number of hydrogen-bond donors (Lipinski definition) is 2. The van der Waals surface area contributed by atoms with Crippen molar-refractivity contribution in [3.63, 3.8) is 0 Å². The normalized spacial score (nSPS) is 15.6. The molecular formula is C12H20N2OS. The molecule has 2 atom stereocenters. The van der Waals surface area contributed by atoms with Gasteiger partial charge in [0.25, 0.3) is 0 Å². The molecule has 90 valence electrons. The van der Waals surface area contributed by atoms with Gasteiger partial charge in [-0.1, -0.05) is 26.8 Å². The van der Waals surface area contributed by atoms with Crippen LogP contribution in [0.2, 0.25) is 0 Å². The lowest BCUT2D eigenvalue weighted by atomic mass is 9.87. The maximum Gasteiger partial charge on any atom is 0.237 e. The van der Waals surface area contributed by atoms with E-state index in [-0.39, 0.29) is 17.4 Å². The molecule has 0 aliphatic rings. The molecule has 0 radical (unpaired) electrons. The number of hydrogen-bond acceptors (Lipinski definition) is 3. The summed E-state index contributed by atoms with van der Waals surface area (Å²) >= 11 is 1.64. The van der Waals surface area contributed by atoms with Gasteiger partial charge in [0.1, 0.15) is 0 Å². The predicted molar refractivity (Wildman–Crippen MR) is 68.3 cm³/mol. The summed E-state index contributed by atoms with van der Waals surface area (Å²) in [4.78, 5) is 13.0. The molecule has 1 rings (SSSR count). The van der Waals surface area contributed by atoms with E-state index in [0.29, 0.717) is 0 Å². The third-order valence-corrected chi connectivity index (χ3v) is 3.60. The minimum absolute atomic E-state index is 0.0286. The second-order valence-electron chi connectivity index (χ2n) is 5.09. The minimum atomic E-state index is -0.477. The van der Waals surface area contributed by atoms with E-state index in [4.69, 9.17) is 5.73 Å². The molecular weight excluding hydrogens is 220 g/mol. The van der Waals surface area contributed by atoms with Crippen LogP contribution in [0.3, 0.4) is 0 Å². The molecule has 1 aromatic rings. The zero-order chi connectivity index (χ0) is 12.3. The van der Waals surface area contributed by atoms with Crippen molar-refractivity contribution in [3.8, 4) is 0 Å². The fourth-order valence-electron chi connectivity index (χ4n) is 1.31. The van der Waals surface area contributed by atoms with Crippen LogP contribution in [0.4, 0.5) is 0 Å². The second kappa shape index (κ2) is 4.97. The summed E-state index contributed by atoms with van der Waals surface area (Å²) in [5.74, 6) is -0.0894. The lowest BCUT2D eigenvalue weighted by Gasteiger charge is -2.27. The number of thiophene rings is 1. The highest BCUT2D eigenvalue weighted by Crippen LogP contribution is 2.21. The zero-order valence-corrected chi connectivity index (χ0v) is 11.1. The van der Waals surface area contributed by atoms with Crippen molar-refractivity contribution in [1.82, 2.24) is 5.32 Å². The van der Waals surface area contributed by atoms with E-state index in [0.717, 1.165) is 4.88 Å². The summed E-state index contributed by atoms with van der Waals surface area (Å²) in [5, 5.41) is 4.94. The van der Waals surface area contributed by atoms with E-state index in [1.807, 2.05) is 45.2 Å². The summed E-state index contributed by atoms with van der Waals surface area (Å²) in [6.45, 7) is 7.87. The quantitative estimate of drug-likeness (QED) is 0.851. The molecule has 0 unspecified atom stereocenters. The third-order valence-electron chi connectivity index (χ3n) is 2.54. The fourth-order valence-corrected chi connectivity index (χ4v) is 2.04. The smallest absolute Gasteiger partial charge is 0.237 e. The summed E-state index contributed by atoms with van der Waals surface area (Å²) < 4.78 is 0. The van der Waals surface area contributed by atoms with E-state index in [1.165, 1.54) is 0 Å². The monoisotopic (exact) mass is 240 g/mol. The van der Waals surface area contributed by atoms with Crippen molar-refractivity contribution in [2.45, 2.75) is 39.8 Å². The van der Waals surface area contributed by atoms with Crippen LogP contribution in [0.5, 0.6) is 0 Å². The van der Waals surface area contributed by atoms with Crippen LogP contribution in [0.1, 0.15) is 38.6 Å². The summed E-state index contributed by atoms with van der Waals surface area (Å²) in [7, 11) is 0. The van der Waals surface area contributed by atoms with E-state index in [1.54, 1.807) is 11.3 Å². The molecule has 0 aliphatic carbocycles. The van der Waals surface area contributed by atoms with Gasteiger partial charge in [0.15, 0.2) is 0 Å². The number of nitrogens with one attached hydrogen (secondary N) is 1. The van der Waals surface area contributed by atoms with E-state index in [2.05, 4.69) is 5.32 Å². The molecule has 1 aromatic heterocycles. The molecule has 16 heavy (non-hydrogen) atoms. The average molecular weight is 240 g/mol. The van der Waals surface area contributed by atoms with Gasteiger partial charge in [0, 0.05) is 4.88 Å². The number of carbonyl (C=O) groups is 1. The van der Waals surface area contributed by atoms with E-state index < -0.39 is 6.04 Å². The van der Waals surface area contributed by atoms with Gasteiger partial charge in [-0.05, 0) is 23.8 Å². The molecule has 0 spiro atoms. The molecule has 0 saturated heterocycles. The van der Waals surface area contributed by atoms with Crippen LogP contribution in [-0.4, -0.2) is 11.9 Å². The van der Waals surface area contributed by atoms with Gasteiger partial charge in [-0.3, -0.25) is 4.79 Å². The molecule has 3 N–H and O–H groups in total. The molecule has 4 heteroatoms. The van der Waals surface area contributed by atoms with Gasteiger partial charge in [-0.2, -0.15) is 0 Å². The van der Waals surface area contributed by atoms with Crippen molar-refractivity contribution in [2.24, 2.45) is 11.1 Å². The molecule has 0 fully saturated rings. The van der Waals surface area contributed by atoms with E-state index in [9.17, 15) is 4.79 Å². The molecule has 0 saturated carbocycles. The Kier molecular flexibility index (Phi) is 4.10. The van der Waals surface area contributed by atoms with Crippen LogP contribution in [0, 0.1) is 5.41 Å². The summed E-state index contributed by atoms with van der Waals surface area (Å²) in [5.41, 5.74) is 5.68. The Bertz CT molecular complexity index is 340. The van der Waals surface area contributed by atoms with Crippen molar-refractivity contribution < 1.29 is 4.79 Å². The SMILES string of the molecule is C[C@@H](NC(=O)[C@H](N)C(C)(C)C)c1cccs1. The topological polar surface area (TPSA) is 55.1 Å². The highest BCUT2D eigenvalue weighted by molar-refractivity contribution is 7.10. The van der Waals surface area contributed by atoms with Crippen molar-refractivity contribution in [1.29, 1.82) is 0 Å². The van der Waals surface area contributed by atoms with Gasteiger partial charge in [0.2, 0.25) is 5.91 Å². The van der Waals surface area contributed by atoms with Crippen molar-refractivity contribution >= 4 is 17.2 Å². The standard InChI is InChI=1S/C12H20N2OS/c1-8(9-6-5-7-16-9)14-11(15)10(13)12(2,3)4/h5-8,10H,13H2,1-4H3,(H,14,15)/t8-,10+/m1/s1. The number of nitrogens with two attached hydrogens (primary N) is 1. The van der Waals surface area contributed by atoms with E-state index >= 15 is 0 Å². The molecule has 3 nitrogen and oxygen atoms in total. The predicted octanol–water partition coefficient (Wildman–Crippen LogP) is 2.30. The van der Waals surface area contributed by atoms with Gasteiger partial charge in [-0.25, -0.2) is 0 Å².